The lowest BCUT2D eigenvalue weighted by Crippen LogP contribution is -2.00. The molecule has 1 aromatic heterocycles. The molecule has 96 valence electrons. The number of para-hydroxylation sites is 1. The first kappa shape index (κ1) is 12.9. The van der Waals surface area contributed by atoms with Crippen molar-refractivity contribution in [3.05, 3.63) is 42.2 Å². The fourth-order valence-corrected chi connectivity index (χ4v) is 2.19. The molecule has 0 amide bonds. The molecule has 0 bridgehead atoms. The molecule has 0 unspecified atom stereocenters. The van der Waals surface area contributed by atoms with Gasteiger partial charge < -0.3 is 5.32 Å². The van der Waals surface area contributed by atoms with E-state index < -0.39 is 5.76 Å². The van der Waals surface area contributed by atoms with Gasteiger partial charge in [-0.1, -0.05) is 23.9 Å². The monoisotopic (exact) mass is 269 g/mol. The van der Waals surface area contributed by atoms with Crippen LogP contribution in [0.1, 0.15) is 5.56 Å². The fraction of sp³-hybridized carbons (Fsp3) is 0.250. The number of alkyl halides is 2. The van der Waals surface area contributed by atoms with Gasteiger partial charge in [-0.25, -0.2) is 0 Å². The normalized spacial score (nSPS) is 10.9. The van der Waals surface area contributed by atoms with Crippen molar-refractivity contribution in [2.45, 2.75) is 17.2 Å². The molecule has 1 N–H and O–H groups in total. The van der Waals surface area contributed by atoms with Crippen molar-refractivity contribution in [3.8, 4) is 0 Å². The highest BCUT2D eigenvalue weighted by Crippen LogP contribution is 2.31. The molecule has 0 aliphatic carbocycles. The SMILES string of the molecule is Cn1cc(CNc2ccccc2SC(F)F)cn1. The Kier molecular flexibility index (Phi) is 4.19. The third-order valence-corrected chi connectivity index (χ3v) is 3.13. The summed E-state index contributed by atoms with van der Waals surface area (Å²) in [7, 11) is 1.84. The number of nitrogens with zero attached hydrogens (tertiary/aromatic N) is 2. The van der Waals surface area contributed by atoms with E-state index in [1.807, 2.05) is 19.3 Å². The highest BCUT2D eigenvalue weighted by molar-refractivity contribution is 7.99. The molecule has 0 atom stereocenters. The van der Waals surface area contributed by atoms with Crippen molar-refractivity contribution in [2.24, 2.45) is 7.05 Å². The Hall–Kier alpha value is -1.56. The summed E-state index contributed by atoms with van der Waals surface area (Å²) in [6.45, 7) is 0.564. The van der Waals surface area contributed by atoms with Gasteiger partial charge in [0, 0.05) is 35.9 Å². The van der Waals surface area contributed by atoms with Crippen molar-refractivity contribution in [3.63, 3.8) is 0 Å². The molecule has 0 saturated carbocycles. The number of hydrogen-bond acceptors (Lipinski definition) is 3. The van der Waals surface area contributed by atoms with E-state index in [1.165, 1.54) is 0 Å². The molecule has 18 heavy (non-hydrogen) atoms. The summed E-state index contributed by atoms with van der Waals surface area (Å²) in [5, 5.41) is 7.19. The van der Waals surface area contributed by atoms with Crippen molar-refractivity contribution >= 4 is 17.4 Å². The van der Waals surface area contributed by atoms with Gasteiger partial charge in [-0.15, -0.1) is 0 Å². The van der Waals surface area contributed by atoms with Crippen LogP contribution in [0.25, 0.3) is 0 Å². The summed E-state index contributed by atoms with van der Waals surface area (Å²) >= 11 is 0.549. The number of hydrogen-bond donors (Lipinski definition) is 1. The van der Waals surface area contributed by atoms with E-state index in [-0.39, 0.29) is 0 Å². The molecule has 1 heterocycles. The maximum Gasteiger partial charge on any atom is 0.288 e. The van der Waals surface area contributed by atoms with Crippen LogP contribution in [0.4, 0.5) is 14.5 Å². The molecule has 1 aromatic carbocycles. The Labute approximate surface area is 108 Å². The Morgan fingerprint density at radius 2 is 2.17 bits per heavy atom. The van der Waals surface area contributed by atoms with Crippen molar-refractivity contribution < 1.29 is 8.78 Å². The largest absolute Gasteiger partial charge is 0.380 e. The third-order valence-electron chi connectivity index (χ3n) is 2.34. The smallest absolute Gasteiger partial charge is 0.288 e. The maximum atomic E-state index is 12.4. The predicted molar refractivity (Wildman–Crippen MR) is 68.8 cm³/mol. The molecule has 0 spiro atoms. The number of aryl methyl sites for hydroxylation is 1. The van der Waals surface area contributed by atoms with Gasteiger partial charge in [0.15, 0.2) is 0 Å². The zero-order chi connectivity index (χ0) is 13.0. The van der Waals surface area contributed by atoms with E-state index in [2.05, 4.69) is 10.4 Å². The van der Waals surface area contributed by atoms with Crippen LogP contribution in [0.2, 0.25) is 0 Å². The Morgan fingerprint density at radius 1 is 1.39 bits per heavy atom. The minimum absolute atomic E-state index is 0.549. The number of aromatic nitrogens is 2. The average Bonchev–Trinajstić information content (AvgIpc) is 2.73. The van der Waals surface area contributed by atoms with Crippen LogP contribution in [0.3, 0.4) is 0 Å². The van der Waals surface area contributed by atoms with Gasteiger partial charge in [0.05, 0.1) is 6.20 Å². The van der Waals surface area contributed by atoms with Crippen LogP contribution < -0.4 is 5.32 Å². The van der Waals surface area contributed by atoms with E-state index in [4.69, 9.17) is 0 Å². The summed E-state index contributed by atoms with van der Waals surface area (Å²) in [6.07, 6.45) is 3.63. The lowest BCUT2D eigenvalue weighted by molar-refractivity contribution is 0.252. The van der Waals surface area contributed by atoms with Crippen LogP contribution in [0, 0.1) is 0 Å². The molecule has 0 saturated heterocycles. The topological polar surface area (TPSA) is 29.9 Å². The van der Waals surface area contributed by atoms with Crippen LogP contribution in [0.5, 0.6) is 0 Å². The summed E-state index contributed by atoms with van der Waals surface area (Å²) in [4.78, 5) is 0.552. The summed E-state index contributed by atoms with van der Waals surface area (Å²) in [5.41, 5.74) is 1.72. The first-order valence-corrected chi connectivity index (χ1v) is 6.28. The summed E-state index contributed by atoms with van der Waals surface area (Å²) < 4.78 is 26.5. The maximum absolute atomic E-state index is 12.4. The lowest BCUT2D eigenvalue weighted by Gasteiger charge is -2.10. The minimum Gasteiger partial charge on any atom is -0.380 e. The first-order valence-electron chi connectivity index (χ1n) is 5.40. The summed E-state index contributed by atoms with van der Waals surface area (Å²) in [6, 6.07) is 7.05. The first-order chi connectivity index (χ1) is 8.65. The molecular weight excluding hydrogens is 256 g/mol. The van der Waals surface area contributed by atoms with E-state index in [1.54, 1.807) is 29.1 Å². The van der Waals surface area contributed by atoms with Crippen molar-refractivity contribution in [2.75, 3.05) is 5.32 Å². The third kappa shape index (κ3) is 3.46. The van der Waals surface area contributed by atoms with Crippen LogP contribution >= 0.6 is 11.8 Å². The van der Waals surface area contributed by atoms with Crippen LogP contribution in [-0.2, 0) is 13.6 Å². The Bertz CT molecular complexity index is 514. The number of thioether (sulfide) groups is 1. The highest BCUT2D eigenvalue weighted by atomic mass is 32.2. The molecule has 0 fully saturated rings. The number of benzene rings is 1. The molecule has 6 heteroatoms. The van der Waals surface area contributed by atoms with Crippen LogP contribution in [-0.4, -0.2) is 15.5 Å². The average molecular weight is 269 g/mol. The Balaban J connectivity index is 2.04. The second kappa shape index (κ2) is 5.86. The van der Waals surface area contributed by atoms with E-state index in [9.17, 15) is 8.78 Å². The number of rotatable bonds is 5. The molecular formula is C12H13F2N3S. The van der Waals surface area contributed by atoms with Gasteiger partial charge in [-0.2, -0.15) is 13.9 Å². The van der Waals surface area contributed by atoms with Gasteiger partial charge in [-0.05, 0) is 12.1 Å². The van der Waals surface area contributed by atoms with Gasteiger partial charge >= 0.3 is 0 Å². The van der Waals surface area contributed by atoms with E-state index in [0.717, 1.165) is 5.56 Å². The molecule has 0 aliphatic rings. The predicted octanol–water partition coefficient (Wildman–Crippen LogP) is 3.35. The fourth-order valence-electron chi connectivity index (χ4n) is 1.57. The zero-order valence-electron chi connectivity index (χ0n) is 9.81. The highest BCUT2D eigenvalue weighted by Gasteiger charge is 2.09. The second-order valence-corrected chi connectivity index (χ2v) is 4.78. The number of nitrogens with one attached hydrogen (secondary N) is 1. The summed E-state index contributed by atoms with van der Waals surface area (Å²) in [5.74, 6) is -2.41. The quantitative estimate of drug-likeness (QED) is 0.844. The minimum atomic E-state index is -2.41. The Morgan fingerprint density at radius 3 is 2.83 bits per heavy atom. The van der Waals surface area contributed by atoms with Gasteiger partial charge in [0.2, 0.25) is 0 Å². The van der Waals surface area contributed by atoms with Gasteiger partial charge in [-0.3, -0.25) is 4.68 Å². The number of halogens is 2. The van der Waals surface area contributed by atoms with Gasteiger partial charge in [0.25, 0.3) is 5.76 Å². The number of anilines is 1. The van der Waals surface area contributed by atoms with E-state index >= 15 is 0 Å². The van der Waals surface area contributed by atoms with Crippen LogP contribution in [0.15, 0.2) is 41.6 Å². The molecule has 0 radical (unpaired) electrons. The molecule has 2 rings (SSSR count). The van der Waals surface area contributed by atoms with E-state index in [0.29, 0.717) is 28.9 Å². The zero-order valence-corrected chi connectivity index (χ0v) is 10.6. The lowest BCUT2D eigenvalue weighted by atomic mass is 10.3. The van der Waals surface area contributed by atoms with Crippen molar-refractivity contribution in [1.82, 2.24) is 9.78 Å². The molecule has 0 aliphatic heterocycles. The van der Waals surface area contributed by atoms with Crippen molar-refractivity contribution in [1.29, 1.82) is 0 Å². The molecule has 2 aromatic rings. The second-order valence-electron chi connectivity index (χ2n) is 3.75. The van der Waals surface area contributed by atoms with Gasteiger partial charge in [0.1, 0.15) is 0 Å². The standard InChI is InChI=1S/C12H13F2N3S/c1-17-8-9(7-16-17)6-15-10-4-2-3-5-11(10)18-12(13)14/h2-5,7-8,12,15H,6H2,1H3. The molecule has 3 nitrogen and oxygen atoms in total.